The molecule has 3 heteroatoms. The summed E-state index contributed by atoms with van der Waals surface area (Å²) in [6.07, 6.45) is 3.66. The third kappa shape index (κ3) is 2.24. The van der Waals surface area contributed by atoms with Crippen molar-refractivity contribution in [3.63, 3.8) is 0 Å². The Labute approximate surface area is 118 Å². The zero-order valence-corrected chi connectivity index (χ0v) is 11.3. The Kier molecular flexibility index (Phi) is 3.35. The van der Waals surface area contributed by atoms with Gasteiger partial charge in [0.05, 0.1) is 13.2 Å². The minimum Gasteiger partial charge on any atom is -0.497 e. The molecule has 1 unspecified atom stereocenters. The number of hydrogen-bond acceptors (Lipinski definition) is 3. The second-order valence-electron chi connectivity index (χ2n) is 4.70. The van der Waals surface area contributed by atoms with Crippen molar-refractivity contribution in [3.8, 4) is 5.75 Å². The van der Waals surface area contributed by atoms with Crippen molar-refractivity contribution < 1.29 is 4.74 Å². The molecular formula is C17H16N2O. The Morgan fingerprint density at radius 1 is 1.10 bits per heavy atom. The van der Waals surface area contributed by atoms with Gasteiger partial charge in [0.1, 0.15) is 5.75 Å². The predicted molar refractivity (Wildman–Crippen MR) is 80.8 cm³/mol. The molecule has 0 aliphatic heterocycles. The molecule has 2 N–H and O–H groups in total. The number of aromatic nitrogens is 1. The van der Waals surface area contributed by atoms with Gasteiger partial charge >= 0.3 is 0 Å². The van der Waals surface area contributed by atoms with Crippen LogP contribution in [0.2, 0.25) is 0 Å². The van der Waals surface area contributed by atoms with Crippen molar-refractivity contribution >= 4 is 10.8 Å². The van der Waals surface area contributed by atoms with Crippen molar-refractivity contribution in [3.05, 3.63) is 72.1 Å². The molecule has 0 saturated heterocycles. The molecule has 0 radical (unpaired) electrons. The van der Waals surface area contributed by atoms with Crippen LogP contribution in [0.1, 0.15) is 17.2 Å². The molecule has 1 aromatic heterocycles. The third-order valence-corrected chi connectivity index (χ3v) is 3.51. The Balaban J connectivity index is 2.10. The first kappa shape index (κ1) is 12.6. The molecule has 0 amide bonds. The zero-order valence-electron chi connectivity index (χ0n) is 11.3. The topological polar surface area (TPSA) is 48.1 Å². The van der Waals surface area contributed by atoms with E-state index in [1.54, 1.807) is 13.3 Å². The van der Waals surface area contributed by atoms with Crippen molar-refractivity contribution in [1.29, 1.82) is 0 Å². The summed E-state index contributed by atoms with van der Waals surface area (Å²) in [5.74, 6) is 0.816. The average Bonchev–Trinajstić information content (AvgIpc) is 2.53. The highest BCUT2D eigenvalue weighted by Crippen LogP contribution is 2.28. The Bertz CT molecular complexity index is 734. The molecule has 3 nitrogen and oxygen atoms in total. The van der Waals surface area contributed by atoms with E-state index in [0.29, 0.717) is 0 Å². The number of fused-ring (bicyclic) bond motifs is 1. The number of rotatable bonds is 3. The summed E-state index contributed by atoms with van der Waals surface area (Å²) < 4.78 is 5.26. The third-order valence-electron chi connectivity index (χ3n) is 3.51. The first-order chi connectivity index (χ1) is 9.79. The molecular weight excluding hydrogens is 248 g/mol. The first-order valence-corrected chi connectivity index (χ1v) is 6.52. The molecule has 20 heavy (non-hydrogen) atoms. The van der Waals surface area contributed by atoms with Crippen LogP contribution in [0.4, 0.5) is 0 Å². The van der Waals surface area contributed by atoms with E-state index >= 15 is 0 Å². The largest absolute Gasteiger partial charge is 0.497 e. The number of nitrogens with zero attached hydrogens (tertiary/aromatic N) is 1. The Morgan fingerprint density at radius 2 is 1.95 bits per heavy atom. The Morgan fingerprint density at radius 3 is 2.80 bits per heavy atom. The van der Waals surface area contributed by atoms with E-state index in [0.717, 1.165) is 27.6 Å². The van der Waals surface area contributed by atoms with E-state index in [9.17, 15) is 0 Å². The molecule has 2 aromatic carbocycles. The highest BCUT2D eigenvalue weighted by atomic mass is 16.5. The molecule has 0 bridgehead atoms. The van der Waals surface area contributed by atoms with Crippen LogP contribution in [0.15, 0.2) is 60.9 Å². The average molecular weight is 264 g/mol. The predicted octanol–water partition coefficient (Wildman–Crippen LogP) is 3.29. The lowest BCUT2D eigenvalue weighted by atomic mass is 9.95. The molecule has 3 aromatic rings. The van der Waals surface area contributed by atoms with Gasteiger partial charge in [0.25, 0.3) is 0 Å². The number of benzene rings is 2. The molecule has 0 aliphatic carbocycles. The molecule has 1 atom stereocenters. The van der Waals surface area contributed by atoms with Crippen LogP contribution >= 0.6 is 0 Å². The van der Waals surface area contributed by atoms with Gasteiger partial charge in [-0.2, -0.15) is 0 Å². The van der Waals surface area contributed by atoms with Gasteiger partial charge in [-0.05, 0) is 34.7 Å². The van der Waals surface area contributed by atoms with E-state index in [2.05, 4.69) is 11.1 Å². The van der Waals surface area contributed by atoms with Gasteiger partial charge in [0, 0.05) is 17.8 Å². The van der Waals surface area contributed by atoms with Crippen LogP contribution in [0.5, 0.6) is 5.75 Å². The smallest absolute Gasteiger partial charge is 0.119 e. The number of pyridine rings is 1. The van der Waals surface area contributed by atoms with Gasteiger partial charge < -0.3 is 10.5 Å². The highest BCUT2D eigenvalue weighted by Gasteiger charge is 2.12. The van der Waals surface area contributed by atoms with Gasteiger partial charge in [0.15, 0.2) is 0 Å². The maximum absolute atomic E-state index is 6.42. The SMILES string of the molecule is COc1cccc(C(N)c2cccc3ccncc23)c1. The summed E-state index contributed by atoms with van der Waals surface area (Å²) >= 11 is 0. The van der Waals surface area contributed by atoms with Crippen LogP contribution < -0.4 is 10.5 Å². The number of ether oxygens (including phenoxy) is 1. The summed E-state index contributed by atoms with van der Waals surface area (Å²) in [4.78, 5) is 4.20. The first-order valence-electron chi connectivity index (χ1n) is 6.52. The molecule has 0 fully saturated rings. The molecule has 100 valence electrons. The van der Waals surface area contributed by atoms with Crippen molar-refractivity contribution in [1.82, 2.24) is 4.98 Å². The fraction of sp³-hybridized carbons (Fsp3) is 0.118. The maximum atomic E-state index is 6.42. The van der Waals surface area contributed by atoms with E-state index in [4.69, 9.17) is 10.5 Å². The molecule has 0 saturated carbocycles. The van der Waals surface area contributed by atoms with E-state index < -0.39 is 0 Å². The standard InChI is InChI=1S/C17H16N2O/c1-20-14-6-2-5-13(10-14)17(18)15-7-3-4-12-8-9-19-11-16(12)15/h2-11,17H,18H2,1H3. The Hall–Kier alpha value is -2.39. The summed E-state index contributed by atoms with van der Waals surface area (Å²) in [5.41, 5.74) is 8.52. The fourth-order valence-corrected chi connectivity index (χ4v) is 2.42. The second-order valence-corrected chi connectivity index (χ2v) is 4.70. The van der Waals surface area contributed by atoms with Crippen molar-refractivity contribution in [2.75, 3.05) is 7.11 Å². The number of methoxy groups -OCH3 is 1. The lowest BCUT2D eigenvalue weighted by molar-refractivity contribution is 0.414. The summed E-state index contributed by atoms with van der Waals surface area (Å²) in [7, 11) is 1.66. The minimum atomic E-state index is -0.196. The van der Waals surface area contributed by atoms with E-state index in [1.807, 2.05) is 48.7 Å². The highest BCUT2D eigenvalue weighted by molar-refractivity contribution is 5.85. The molecule has 0 aliphatic rings. The zero-order chi connectivity index (χ0) is 13.9. The van der Waals surface area contributed by atoms with Gasteiger partial charge in [-0.3, -0.25) is 4.98 Å². The summed E-state index contributed by atoms with van der Waals surface area (Å²) in [6.45, 7) is 0. The van der Waals surface area contributed by atoms with E-state index in [1.165, 1.54) is 0 Å². The molecule has 1 heterocycles. The van der Waals surface area contributed by atoms with Crippen LogP contribution in [-0.2, 0) is 0 Å². The van der Waals surface area contributed by atoms with Crippen LogP contribution in [0, 0.1) is 0 Å². The lowest BCUT2D eigenvalue weighted by Crippen LogP contribution is -2.12. The van der Waals surface area contributed by atoms with Crippen LogP contribution in [0.3, 0.4) is 0 Å². The van der Waals surface area contributed by atoms with Crippen LogP contribution in [0.25, 0.3) is 10.8 Å². The maximum Gasteiger partial charge on any atom is 0.119 e. The van der Waals surface area contributed by atoms with Gasteiger partial charge in [-0.1, -0.05) is 30.3 Å². The monoisotopic (exact) mass is 264 g/mol. The van der Waals surface area contributed by atoms with E-state index in [-0.39, 0.29) is 6.04 Å². The second kappa shape index (κ2) is 5.31. The van der Waals surface area contributed by atoms with Crippen LogP contribution in [-0.4, -0.2) is 12.1 Å². The van der Waals surface area contributed by atoms with Gasteiger partial charge in [-0.15, -0.1) is 0 Å². The lowest BCUT2D eigenvalue weighted by Gasteiger charge is -2.15. The normalized spacial score (nSPS) is 12.3. The molecule has 3 rings (SSSR count). The van der Waals surface area contributed by atoms with Gasteiger partial charge in [0.2, 0.25) is 0 Å². The fourth-order valence-electron chi connectivity index (χ4n) is 2.42. The van der Waals surface area contributed by atoms with Crippen molar-refractivity contribution in [2.45, 2.75) is 6.04 Å². The summed E-state index contributed by atoms with van der Waals surface area (Å²) in [5, 5.41) is 2.24. The number of nitrogens with two attached hydrogens (primary N) is 1. The van der Waals surface area contributed by atoms with Gasteiger partial charge in [-0.25, -0.2) is 0 Å². The summed E-state index contributed by atoms with van der Waals surface area (Å²) in [6, 6.07) is 15.8. The minimum absolute atomic E-state index is 0.196. The molecule has 0 spiro atoms. The quantitative estimate of drug-likeness (QED) is 0.789. The number of hydrogen-bond donors (Lipinski definition) is 1. The van der Waals surface area contributed by atoms with Crippen molar-refractivity contribution in [2.24, 2.45) is 5.73 Å².